The molecule has 0 saturated carbocycles. The fraction of sp³-hybridized carbons (Fsp3) is 0.348. The van der Waals surface area contributed by atoms with E-state index in [0.29, 0.717) is 37.2 Å². The topological polar surface area (TPSA) is 127 Å². The molecule has 1 aliphatic heterocycles. The number of likely N-dealkylation sites (N-methyl/N-ethyl adjacent to an activating group) is 1. The van der Waals surface area contributed by atoms with Gasteiger partial charge in [0, 0.05) is 26.7 Å². The van der Waals surface area contributed by atoms with E-state index in [1.54, 1.807) is 42.3 Å². The summed E-state index contributed by atoms with van der Waals surface area (Å²) in [6.45, 7) is 1.71. The van der Waals surface area contributed by atoms with Gasteiger partial charge in [-0.05, 0) is 41.8 Å². The van der Waals surface area contributed by atoms with Gasteiger partial charge in [-0.2, -0.15) is 0 Å². The number of benzene rings is 2. The second-order valence-electron chi connectivity index (χ2n) is 8.17. The number of aromatic nitrogens is 1. The van der Waals surface area contributed by atoms with Crippen LogP contribution in [0.2, 0.25) is 0 Å². The van der Waals surface area contributed by atoms with Crippen LogP contribution in [0.25, 0.3) is 11.1 Å². The summed E-state index contributed by atoms with van der Waals surface area (Å²) in [5, 5.41) is 19.3. The maximum Gasteiger partial charge on any atom is 0.417 e. The highest BCUT2D eigenvalue weighted by Crippen LogP contribution is 2.25. The number of fused-ring (bicyclic) bond motifs is 1. The Kier molecular flexibility index (Phi) is 6.11. The van der Waals surface area contributed by atoms with Crippen LogP contribution < -0.4 is 5.76 Å². The van der Waals surface area contributed by atoms with E-state index in [2.05, 4.69) is 9.88 Å². The molecule has 2 atom stereocenters. The van der Waals surface area contributed by atoms with Gasteiger partial charge in [-0.15, -0.1) is 0 Å². The van der Waals surface area contributed by atoms with Crippen molar-refractivity contribution in [1.29, 1.82) is 0 Å². The number of carboxylic acid groups (broad SMARTS) is 1. The summed E-state index contributed by atoms with van der Waals surface area (Å²) >= 11 is 0. The van der Waals surface area contributed by atoms with E-state index < -0.39 is 17.8 Å². The molecule has 1 aliphatic rings. The Morgan fingerprint density at radius 3 is 2.81 bits per heavy atom. The Hall–Kier alpha value is -3.43. The van der Waals surface area contributed by atoms with Crippen molar-refractivity contribution in [1.82, 2.24) is 14.8 Å². The molecule has 3 aromatic rings. The number of aromatic amines is 1. The summed E-state index contributed by atoms with van der Waals surface area (Å²) in [5.41, 5.74) is 2.55. The standard InChI is InChI=1S/C23H25N3O6/c1-25(21(28)10-14-5-6-20-18(9-14)24-23(31)32-20)19(13-26-8-7-17(27)12-26)15-3-2-4-16(11-15)22(29)30/h2-6,9,11,17,19,27H,7-8,10,12-13H2,1H3,(H,24,31)(H,29,30)/t17?,19-/m1/s1. The lowest BCUT2D eigenvalue weighted by Crippen LogP contribution is -2.39. The minimum atomic E-state index is -1.03. The zero-order valence-corrected chi connectivity index (χ0v) is 17.7. The van der Waals surface area contributed by atoms with E-state index in [4.69, 9.17) is 4.42 Å². The van der Waals surface area contributed by atoms with E-state index in [0.717, 1.165) is 11.1 Å². The van der Waals surface area contributed by atoms with Crippen molar-refractivity contribution in [3.05, 3.63) is 69.7 Å². The molecule has 168 valence electrons. The first-order valence-electron chi connectivity index (χ1n) is 10.4. The van der Waals surface area contributed by atoms with Gasteiger partial charge in [0.15, 0.2) is 5.58 Å². The number of H-pyrrole nitrogens is 1. The number of aromatic carboxylic acids is 1. The molecule has 1 fully saturated rings. The third-order valence-corrected chi connectivity index (χ3v) is 5.90. The second-order valence-corrected chi connectivity index (χ2v) is 8.17. The number of carbonyl (C=O) groups excluding carboxylic acids is 1. The summed E-state index contributed by atoms with van der Waals surface area (Å²) < 4.78 is 5.00. The molecule has 0 bridgehead atoms. The number of amides is 1. The van der Waals surface area contributed by atoms with Crippen molar-refractivity contribution in [2.75, 3.05) is 26.7 Å². The van der Waals surface area contributed by atoms with Crippen molar-refractivity contribution in [3.8, 4) is 0 Å². The summed E-state index contributed by atoms with van der Waals surface area (Å²) in [6, 6.07) is 11.3. The number of aliphatic hydroxyl groups is 1. The number of nitrogens with one attached hydrogen (secondary N) is 1. The van der Waals surface area contributed by atoms with Crippen LogP contribution in [0.5, 0.6) is 0 Å². The predicted molar refractivity (Wildman–Crippen MR) is 117 cm³/mol. The van der Waals surface area contributed by atoms with E-state index in [1.165, 1.54) is 6.07 Å². The van der Waals surface area contributed by atoms with Gasteiger partial charge >= 0.3 is 11.7 Å². The second kappa shape index (κ2) is 8.97. The van der Waals surface area contributed by atoms with Crippen LogP contribution in [0.3, 0.4) is 0 Å². The maximum atomic E-state index is 13.2. The molecule has 1 unspecified atom stereocenters. The Bertz CT molecular complexity index is 1200. The quantitative estimate of drug-likeness (QED) is 0.511. The van der Waals surface area contributed by atoms with Crippen LogP contribution in [0.15, 0.2) is 51.7 Å². The normalized spacial score (nSPS) is 17.5. The first-order chi connectivity index (χ1) is 15.3. The lowest BCUT2D eigenvalue weighted by molar-refractivity contribution is -0.131. The highest BCUT2D eigenvalue weighted by Gasteiger charge is 2.28. The summed E-state index contributed by atoms with van der Waals surface area (Å²) in [5.74, 6) is -1.73. The van der Waals surface area contributed by atoms with Crippen molar-refractivity contribution < 1.29 is 24.2 Å². The average Bonchev–Trinajstić information content (AvgIpc) is 3.35. The van der Waals surface area contributed by atoms with Crippen LogP contribution in [-0.2, 0) is 11.2 Å². The smallest absolute Gasteiger partial charge is 0.417 e. The van der Waals surface area contributed by atoms with Crippen LogP contribution in [0.4, 0.5) is 0 Å². The van der Waals surface area contributed by atoms with Crippen molar-refractivity contribution >= 4 is 23.0 Å². The molecule has 9 heteroatoms. The number of hydrogen-bond acceptors (Lipinski definition) is 6. The number of likely N-dealkylation sites (tertiary alicyclic amines) is 1. The van der Waals surface area contributed by atoms with Crippen molar-refractivity contribution in [3.63, 3.8) is 0 Å². The monoisotopic (exact) mass is 439 g/mol. The molecule has 1 amide bonds. The zero-order valence-electron chi connectivity index (χ0n) is 17.7. The number of carboxylic acids is 1. The Morgan fingerprint density at radius 1 is 1.28 bits per heavy atom. The molecule has 2 heterocycles. The molecule has 0 spiro atoms. The van der Waals surface area contributed by atoms with Gasteiger partial charge in [-0.3, -0.25) is 14.7 Å². The fourth-order valence-electron chi connectivity index (χ4n) is 4.14. The maximum absolute atomic E-state index is 13.2. The van der Waals surface area contributed by atoms with Gasteiger partial charge < -0.3 is 19.5 Å². The number of hydrogen-bond donors (Lipinski definition) is 3. The predicted octanol–water partition coefficient (Wildman–Crippen LogP) is 1.63. The van der Waals surface area contributed by atoms with E-state index in [1.807, 2.05) is 6.07 Å². The van der Waals surface area contributed by atoms with E-state index in [-0.39, 0.29) is 23.9 Å². The third kappa shape index (κ3) is 4.74. The largest absolute Gasteiger partial charge is 0.478 e. The lowest BCUT2D eigenvalue weighted by Gasteiger charge is -2.32. The molecule has 9 nitrogen and oxygen atoms in total. The third-order valence-electron chi connectivity index (χ3n) is 5.90. The molecule has 0 aliphatic carbocycles. The number of rotatable bonds is 7. The van der Waals surface area contributed by atoms with Crippen molar-refractivity contribution in [2.24, 2.45) is 0 Å². The molecule has 4 rings (SSSR count). The highest BCUT2D eigenvalue weighted by atomic mass is 16.4. The number of β-amino-alcohol motifs (C(OH)–C–C–N with tert-alkyl or cyclic N) is 1. The summed E-state index contributed by atoms with van der Waals surface area (Å²) in [4.78, 5) is 42.3. The summed E-state index contributed by atoms with van der Waals surface area (Å²) in [6.07, 6.45) is 0.380. The highest BCUT2D eigenvalue weighted by molar-refractivity contribution is 5.88. The van der Waals surface area contributed by atoms with Crippen LogP contribution in [0, 0.1) is 0 Å². The zero-order chi connectivity index (χ0) is 22.8. The molecule has 2 aromatic carbocycles. The van der Waals surface area contributed by atoms with Crippen LogP contribution >= 0.6 is 0 Å². The lowest BCUT2D eigenvalue weighted by atomic mass is 10.0. The van der Waals surface area contributed by atoms with E-state index >= 15 is 0 Å². The molecular weight excluding hydrogens is 414 g/mol. The molecule has 1 saturated heterocycles. The number of carbonyl (C=O) groups is 2. The Balaban J connectivity index is 1.58. The van der Waals surface area contributed by atoms with E-state index in [9.17, 15) is 24.6 Å². The van der Waals surface area contributed by atoms with Crippen LogP contribution in [0.1, 0.15) is 33.9 Å². The molecular formula is C23H25N3O6. The van der Waals surface area contributed by atoms with Gasteiger partial charge in [0.2, 0.25) is 5.91 Å². The SMILES string of the molecule is CN(C(=O)Cc1ccc2oc(=O)[nH]c2c1)[C@H](CN1CCC(O)C1)c1cccc(C(=O)O)c1. The van der Waals surface area contributed by atoms with Gasteiger partial charge in [-0.25, -0.2) is 9.59 Å². The molecule has 1 aromatic heterocycles. The average molecular weight is 439 g/mol. The van der Waals surface area contributed by atoms with Gasteiger partial charge in [0.1, 0.15) is 0 Å². The minimum Gasteiger partial charge on any atom is -0.478 e. The minimum absolute atomic E-state index is 0.109. The van der Waals surface area contributed by atoms with Crippen LogP contribution in [-0.4, -0.2) is 69.7 Å². The number of aliphatic hydroxyl groups excluding tert-OH is 1. The summed E-state index contributed by atoms with van der Waals surface area (Å²) in [7, 11) is 1.70. The fourth-order valence-corrected chi connectivity index (χ4v) is 4.14. The van der Waals surface area contributed by atoms with Gasteiger partial charge in [0.25, 0.3) is 0 Å². The molecule has 32 heavy (non-hydrogen) atoms. The first-order valence-corrected chi connectivity index (χ1v) is 10.4. The Morgan fingerprint density at radius 2 is 2.09 bits per heavy atom. The van der Waals surface area contributed by atoms with Gasteiger partial charge in [0.05, 0.1) is 29.6 Å². The first kappa shape index (κ1) is 21.8. The number of oxazole rings is 1. The Labute approximate surface area is 183 Å². The van der Waals surface area contributed by atoms with Gasteiger partial charge in [-0.1, -0.05) is 18.2 Å². The molecule has 0 radical (unpaired) electrons. The van der Waals surface area contributed by atoms with Crippen molar-refractivity contribution in [2.45, 2.75) is 25.0 Å². The number of nitrogens with zero attached hydrogens (tertiary/aromatic N) is 2. The molecule has 3 N–H and O–H groups in total.